The Kier molecular flexibility index (Phi) is 5.76. The third-order valence-electron chi connectivity index (χ3n) is 3.83. The lowest BCUT2D eigenvalue weighted by Gasteiger charge is -2.06. The highest BCUT2D eigenvalue weighted by molar-refractivity contribution is 7.14. The number of hydrogen-bond donors (Lipinski definition) is 2. The first-order valence-corrected chi connectivity index (χ1v) is 9.25. The van der Waals surface area contributed by atoms with Crippen LogP contribution in [-0.2, 0) is 0 Å². The fourth-order valence-electron chi connectivity index (χ4n) is 2.20. The van der Waals surface area contributed by atoms with Gasteiger partial charge in [0.15, 0.2) is 0 Å². The number of hydrazone groups is 1. The van der Waals surface area contributed by atoms with Crippen molar-refractivity contribution in [3.05, 3.63) is 65.5 Å². The van der Waals surface area contributed by atoms with Crippen molar-refractivity contribution in [1.29, 1.82) is 0 Å². The quantitative estimate of drug-likeness (QED) is 0.463. The summed E-state index contributed by atoms with van der Waals surface area (Å²) in [6.45, 7) is 4.04. The van der Waals surface area contributed by atoms with E-state index in [-0.39, 0.29) is 5.91 Å². The maximum Gasteiger partial charge on any atom is 0.255 e. The molecule has 0 aliphatic rings. The lowest BCUT2D eigenvalue weighted by atomic mass is 10.1. The Balaban J connectivity index is 1.66. The number of anilines is 2. The van der Waals surface area contributed by atoms with Crippen LogP contribution in [0.15, 0.2) is 65.1 Å². The predicted octanol–water partition coefficient (Wildman–Crippen LogP) is 5.26. The molecule has 132 valence electrons. The summed E-state index contributed by atoms with van der Waals surface area (Å²) in [4.78, 5) is 16.7. The first kappa shape index (κ1) is 17.8. The average Bonchev–Trinajstić information content (AvgIpc) is 3.16. The van der Waals surface area contributed by atoms with Gasteiger partial charge >= 0.3 is 0 Å². The highest BCUT2D eigenvalue weighted by Gasteiger charge is 2.07. The van der Waals surface area contributed by atoms with Crippen LogP contribution in [0, 0.1) is 0 Å². The summed E-state index contributed by atoms with van der Waals surface area (Å²) in [5, 5.41) is 9.90. The van der Waals surface area contributed by atoms with E-state index < -0.39 is 0 Å². The van der Waals surface area contributed by atoms with Crippen molar-refractivity contribution in [2.75, 3.05) is 10.7 Å². The van der Waals surface area contributed by atoms with E-state index in [1.165, 1.54) is 11.3 Å². The normalized spacial score (nSPS) is 11.2. The maximum absolute atomic E-state index is 12.2. The topological polar surface area (TPSA) is 66.4 Å². The van der Waals surface area contributed by atoms with E-state index in [0.717, 1.165) is 34.2 Å². The first-order chi connectivity index (χ1) is 12.7. The summed E-state index contributed by atoms with van der Waals surface area (Å²) in [5.41, 5.74) is 7.26. The van der Waals surface area contributed by atoms with Crippen LogP contribution in [0.3, 0.4) is 0 Å². The molecule has 5 nitrogen and oxygen atoms in total. The van der Waals surface area contributed by atoms with Crippen molar-refractivity contribution in [3.8, 4) is 11.3 Å². The Labute approximate surface area is 156 Å². The zero-order valence-corrected chi connectivity index (χ0v) is 15.5. The van der Waals surface area contributed by atoms with E-state index in [9.17, 15) is 4.79 Å². The molecular weight excluding hydrogens is 344 g/mol. The largest absolute Gasteiger partial charge is 0.322 e. The molecule has 0 unspecified atom stereocenters. The minimum absolute atomic E-state index is 0.123. The summed E-state index contributed by atoms with van der Waals surface area (Å²) in [6.07, 6.45) is 0.904. The van der Waals surface area contributed by atoms with Crippen LogP contribution in [0.1, 0.15) is 30.6 Å². The number of nitrogens with zero attached hydrogens (tertiary/aromatic N) is 2. The summed E-state index contributed by atoms with van der Waals surface area (Å²) in [7, 11) is 0. The second-order valence-corrected chi connectivity index (χ2v) is 6.61. The van der Waals surface area contributed by atoms with Gasteiger partial charge in [-0.05, 0) is 37.6 Å². The van der Waals surface area contributed by atoms with Gasteiger partial charge in [-0.15, -0.1) is 11.3 Å². The van der Waals surface area contributed by atoms with Crippen molar-refractivity contribution in [2.24, 2.45) is 5.10 Å². The number of carbonyl (C=O) groups excluding carboxylic acids is 1. The zero-order valence-electron chi connectivity index (χ0n) is 14.7. The van der Waals surface area contributed by atoms with Gasteiger partial charge in [0.1, 0.15) is 0 Å². The van der Waals surface area contributed by atoms with Crippen LogP contribution in [0.2, 0.25) is 0 Å². The van der Waals surface area contributed by atoms with E-state index in [1.807, 2.05) is 54.8 Å². The van der Waals surface area contributed by atoms with Crippen molar-refractivity contribution in [2.45, 2.75) is 20.3 Å². The molecule has 0 aliphatic heterocycles. The summed E-state index contributed by atoms with van der Waals surface area (Å²) < 4.78 is 0. The molecule has 3 aromatic rings. The van der Waals surface area contributed by atoms with Crippen molar-refractivity contribution >= 4 is 33.8 Å². The SMILES string of the molecule is CC/C(C)=N\Nc1nc(-c2ccc(NC(=O)c3ccccc3)cc2)cs1. The molecule has 1 heterocycles. The van der Waals surface area contributed by atoms with Crippen molar-refractivity contribution in [3.63, 3.8) is 0 Å². The number of thiazole rings is 1. The summed E-state index contributed by atoms with van der Waals surface area (Å²) in [6, 6.07) is 16.8. The molecule has 0 fully saturated rings. The summed E-state index contributed by atoms with van der Waals surface area (Å²) >= 11 is 1.51. The van der Waals surface area contributed by atoms with Gasteiger partial charge < -0.3 is 5.32 Å². The van der Waals surface area contributed by atoms with Gasteiger partial charge in [0, 0.05) is 27.9 Å². The monoisotopic (exact) mass is 364 g/mol. The number of amides is 1. The molecule has 2 aromatic carbocycles. The number of carbonyl (C=O) groups is 1. The van der Waals surface area contributed by atoms with Gasteiger partial charge in [-0.1, -0.05) is 37.3 Å². The second kappa shape index (κ2) is 8.40. The Morgan fingerprint density at radius 2 is 1.85 bits per heavy atom. The van der Waals surface area contributed by atoms with E-state index in [2.05, 4.69) is 27.8 Å². The molecule has 1 aromatic heterocycles. The van der Waals surface area contributed by atoms with Crippen LogP contribution >= 0.6 is 11.3 Å². The lowest BCUT2D eigenvalue weighted by molar-refractivity contribution is 0.102. The molecular formula is C20H20N4OS. The number of benzene rings is 2. The molecule has 3 rings (SSSR count). The van der Waals surface area contributed by atoms with Crippen molar-refractivity contribution < 1.29 is 4.79 Å². The summed E-state index contributed by atoms with van der Waals surface area (Å²) in [5.74, 6) is -0.123. The Morgan fingerprint density at radius 3 is 2.54 bits per heavy atom. The lowest BCUT2D eigenvalue weighted by Crippen LogP contribution is -2.11. The Morgan fingerprint density at radius 1 is 1.12 bits per heavy atom. The van der Waals surface area contributed by atoms with Crippen LogP contribution < -0.4 is 10.7 Å². The zero-order chi connectivity index (χ0) is 18.4. The van der Waals surface area contributed by atoms with Crippen LogP contribution in [0.25, 0.3) is 11.3 Å². The molecule has 26 heavy (non-hydrogen) atoms. The van der Waals surface area contributed by atoms with Crippen molar-refractivity contribution in [1.82, 2.24) is 4.98 Å². The first-order valence-electron chi connectivity index (χ1n) is 8.37. The maximum atomic E-state index is 12.2. The third kappa shape index (κ3) is 4.55. The van der Waals surface area contributed by atoms with Gasteiger partial charge in [-0.2, -0.15) is 5.10 Å². The second-order valence-electron chi connectivity index (χ2n) is 5.75. The average molecular weight is 364 g/mol. The molecule has 0 aliphatic carbocycles. The minimum atomic E-state index is -0.123. The van der Waals surface area contributed by atoms with Crippen LogP contribution in [0.4, 0.5) is 10.8 Å². The molecule has 0 radical (unpaired) electrons. The standard InChI is InChI=1S/C20H20N4OS/c1-3-14(2)23-24-20-22-18(13-26-20)15-9-11-17(12-10-15)21-19(25)16-7-5-4-6-8-16/h4-13H,3H2,1-2H3,(H,21,25)(H,22,24)/b23-14-. The molecule has 6 heteroatoms. The molecule has 0 spiro atoms. The number of rotatable bonds is 6. The highest BCUT2D eigenvalue weighted by Crippen LogP contribution is 2.26. The predicted molar refractivity (Wildman–Crippen MR) is 109 cm³/mol. The van der Waals surface area contributed by atoms with Gasteiger partial charge in [0.05, 0.1) is 5.69 Å². The molecule has 1 amide bonds. The van der Waals surface area contributed by atoms with Gasteiger partial charge in [0.25, 0.3) is 5.91 Å². The fraction of sp³-hybridized carbons (Fsp3) is 0.150. The van der Waals surface area contributed by atoms with Crippen LogP contribution in [0.5, 0.6) is 0 Å². The van der Waals surface area contributed by atoms with E-state index in [1.54, 1.807) is 12.1 Å². The number of hydrogen-bond acceptors (Lipinski definition) is 5. The minimum Gasteiger partial charge on any atom is -0.322 e. The van der Waals surface area contributed by atoms with Gasteiger partial charge in [-0.3, -0.25) is 10.2 Å². The fourth-order valence-corrected chi connectivity index (χ4v) is 2.86. The Bertz CT molecular complexity index is 901. The van der Waals surface area contributed by atoms with Gasteiger partial charge in [-0.25, -0.2) is 4.98 Å². The molecule has 0 bridgehead atoms. The van der Waals surface area contributed by atoms with E-state index in [4.69, 9.17) is 0 Å². The molecule has 0 saturated heterocycles. The van der Waals surface area contributed by atoms with E-state index >= 15 is 0 Å². The molecule has 0 saturated carbocycles. The number of aromatic nitrogens is 1. The van der Waals surface area contributed by atoms with Crippen LogP contribution in [-0.4, -0.2) is 16.6 Å². The Hall–Kier alpha value is -2.99. The number of nitrogens with one attached hydrogen (secondary N) is 2. The smallest absolute Gasteiger partial charge is 0.255 e. The highest BCUT2D eigenvalue weighted by atomic mass is 32.1. The molecule has 0 atom stereocenters. The van der Waals surface area contributed by atoms with E-state index in [0.29, 0.717) is 5.56 Å². The third-order valence-corrected chi connectivity index (χ3v) is 4.58. The van der Waals surface area contributed by atoms with Gasteiger partial charge in [0.2, 0.25) is 5.13 Å². The molecule has 2 N–H and O–H groups in total.